The Kier molecular flexibility index (Phi) is 2.87. The molecule has 0 unspecified atom stereocenters. The average molecular weight is 204 g/mol. The Morgan fingerprint density at radius 2 is 2.33 bits per heavy atom. The van der Waals surface area contributed by atoms with Crippen LogP contribution < -0.4 is 11.1 Å². The summed E-state index contributed by atoms with van der Waals surface area (Å²) in [6.07, 6.45) is 3.89. The lowest BCUT2D eigenvalue weighted by Gasteiger charge is -2.04. The predicted molar refractivity (Wildman–Crippen MR) is 61.9 cm³/mol. The number of aryl methyl sites for hydroxylation is 1. The molecule has 0 spiro atoms. The highest BCUT2D eigenvalue weighted by atomic mass is 15.1. The van der Waals surface area contributed by atoms with Crippen LogP contribution in [0.25, 0.3) is 5.52 Å². The predicted octanol–water partition coefficient (Wildman–Crippen LogP) is 1.07. The van der Waals surface area contributed by atoms with Crippen LogP contribution in [-0.4, -0.2) is 23.0 Å². The van der Waals surface area contributed by atoms with Crippen molar-refractivity contribution in [3.8, 4) is 0 Å². The van der Waals surface area contributed by atoms with E-state index in [9.17, 15) is 0 Å². The molecule has 0 aliphatic carbocycles. The Labute approximate surface area is 89.1 Å². The van der Waals surface area contributed by atoms with E-state index in [1.165, 1.54) is 0 Å². The first kappa shape index (κ1) is 9.98. The van der Waals surface area contributed by atoms with Crippen LogP contribution in [-0.2, 0) is 6.42 Å². The number of nitrogens with one attached hydrogen (secondary N) is 1. The summed E-state index contributed by atoms with van der Waals surface area (Å²) < 4.78 is 2.01. The number of fused-ring (bicyclic) bond motifs is 1. The van der Waals surface area contributed by atoms with Gasteiger partial charge in [0, 0.05) is 6.42 Å². The molecule has 0 atom stereocenters. The maximum atomic E-state index is 5.91. The molecule has 0 saturated heterocycles. The Bertz CT molecular complexity index is 447. The van der Waals surface area contributed by atoms with Gasteiger partial charge in [-0.05, 0) is 32.1 Å². The minimum atomic E-state index is 0.754. The summed E-state index contributed by atoms with van der Waals surface area (Å²) in [6, 6.07) is 5.87. The van der Waals surface area contributed by atoms with Crippen LogP contribution in [0.1, 0.15) is 12.2 Å². The second kappa shape index (κ2) is 4.31. The summed E-state index contributed by atoms with van der Waals surface area (Å²) in [4.78, 5) is 4.38. The second-order valence-corrected chi connectivity index (χ2v) is 3.59. The zero-order chi connectivity index (χ0) is 10.7. The zero-order valence-corrected chi connectivity index (χ0v) is 8.90. The molecule has 2 rings (SSSR count). The molecule has 2 heterocycles. The number of rotatable bonds is 4. The maximum Gasteiger partial charge on any atom is 0.114 e. The Balaban J connectivity index is 2.27. The van der Waals surface area contributed by atoms with Crippen molar-refractivity contribution < 1.29 is 0 Å². The van der Waals surface area contributed by atoms with Crippen molar-refractivity contribution in [2.45, 2.75) is 12.8 Å². The molecule has 0 radical (unpaired) electrons. The van der Waals surface area contributed by atoms with Gasteiger partial charge < -0.3 is 11.1 Å². The van der Waals surface area contributed by atoms with Gasteiger partial charge in [0.1, 0.15) is 11.6 Å². The molecule has 0 aliphatic rings. The quantitative estimate of drug-likeness (QED) is 0.732. The van der Waals surface area contributed by atoms with E-state index in [2.05, 4.69) is 10.3 Å². The third-order valence-corrected chi connectivity index (χ3v) is 2.48. The number of hydrogen-bond acceptors (Lipinski definition) is 3. The Morgan fingerprint density at radius 3 is 3.13 bits per heavy atom. The number of nitrogens with two attached hydrogens (primary N) is 1. The molecule has 2 aromatic heterocycles. The summed E-state index contributed by atoms with van der Waals surface area (Å²) in [6.45, 7) is 1.00. The van der Waals surface area contributed by atoms with Crippen LogP contribution in [0.3, 0.4) is 0 Å². The van der Waals surface area contributed by atoms with Crippen LogP contribution in [0, 0.1) is 0 Å². The summed E-state index contributed by atoms with van der Waals surface area (Å²) in [7, 11) is 1.96. The fourth-order valence-corrected chi connectivity index (χ4v) is 1.74. The summed E-state index contributed by atoms with van der Waals surface area (Å²) in [5, 5.41) is 3.12. The lowest BCUT2D eigenvalue weighted by atomic mass is 10.3. The summed E-state index contributed by atoms with van der Waals surface area (Å²) in [5.74, 6) is 1.79. The van der Waals surface area contributed by atoms with Crippen molar-refractivity contribution in [2.24, 2.45) is 0 Å². The fourth-order valence-electron chi connectivity index (χ4n) is 1.74. The molecule has 0 fully saturated rings. The van der Waals surface area contributed by atoms with Crippen molar-refractivity contribution in [3.63, 3.8) is 0 Å². The molecule has 0 amide bonds. The molecule has 0 aromatic carbocycles. The smallest absolute Gasteiger partial charge is 0.114 e. The highest BCUT2D eigenvalue weighted by Gasteiger charge is 2.04. The zero-order valence-electron chi connectivity index (χ0n) is 8.90. The van der Waals surface area contributed by atoms with Gasteiger partial charge in [0.15, 0.2) is 0 Å². The van der Waals surface area contributed by atoms with Crippen LogP contribution in [0.2, 0.25) is 0 Å². The molecule has 4 nitrogen and oxygen atoms in total. The van der Waals surface area contributed by atoms with Gasteiger partial charge in [-0.25, -0.2) is 4.98 Å². The van der Waals surface area contributed by atoms with Gasteiger partial charge in [-0.1, -0.05) is 6.07 Å². The average Bonchev–Trinajstić information content (AvgIpc) is 2.63. The molecule has 4 heteroatoms. The number of imidazole rings is 1. The molecule has 0 aliphatic heterocycles. The molecule has 15 heavy (non-hydrogen) atoms. The summed E-state index contributed by atoms with van der Waals surface area (Å²) >= 11 is 0. The monoisotopic (exact) mass is 204 g/mol. The number of pyridine rings is 1. The van der Waals surface area contributed by atoms with E-state index in [0.717, 1.165) is 36.5 Å². The molecule has 80 valence electrons. The van der Waals surface area contributed by atoms with E-state index in [0.29, 0.717) is 0 Å². The third kappa shape index (κ3) is 1.94. The molecular weight excluding hydrogens is 188 g/mol. The van der Waals surface area contributed by atoms with Crippen LogP contribution in [0.15, 0.2) is 24.4 Å². The van der Waals surface area contributed by atoms with Gasteiger partial charge >= 0.3 is 0 Å². The standard InChI is InChI=1S/C11H16N4/c1-13-7-3-6-11-14-8-9-4-2-5-10(12)15(9)11/h2,4-5,8,13H,3,6-7,12H2,1H3. The van der Waals surface area contributed by atoms with Gasteiger partial charge in [-0.2, -0.15) is 0 Å². The Morgan fingerprint density at radius 1 is 1.47 bits per heavy atom. The van der Waals surface area contributed by atoms with Crippen molar-refractivity contribution in [3.05, 3.63) is 30.2 Å². The van der Waals surface area contributed by atoms with Crippen LogP contribution in [0.5, 0.6) is 0 Å². The van der Waals surface area contributed by atoms with E-state index < -0.39 is 0 Å². The van der Waals surface area contributed by atoms with Crippen molar-refractivity contribution in [1.29, 1.82) is 0 Å². The fraction of sp³-hybridized carbons (Fsp3) is 0.364. The van der Waals surface area contributed by atoms with Gasteiger partial charge in [0.05, 0.1) is 11.7 Å². The van der Waals surface area contributed by atoms with E-state index in [4.69, 9.17) is 5.73 Å². The Hall–Kier alpha value is -1.55. The number of nitrogen functional groups attached to an aromatic ring is 1. The van der Waals surface area contributed by atoms with E-state index >= 15 is 0 Å². The molecular formula is C11H16N4. The number of nitrogens with zero attached hydrogens (tertiary/aromatic N) is 2. The minimum Gasteiger partial charge on any atom is -0.385 e. The summed E-state index contributed by atoms with van der Waals surface area (Å²) in [5.41, 5.74) is 6.98. The lowest BCUT2D eigenvalue weighted by molar-refractivity contribution is 0.702. The largest absolute Gasteiger partial charge is 0.385 e. The van der Waals surface area contributed by atoms with Gasteiger partial charge in [-0.3, -0.25) is 4.40 Å². The molecule has 0 saturated carbocycles. The van der Waals surface area contributed by atoms with E-state index in [1.807, 2.05) is 35.8 Å². The second-order valence-electron chi connectivity index (χ2n) is 3.59. The first-order valence-corrected chi connectivity index (χ1v) is 5.18. The molecule has 2 aromatic rings. The third-order valence-electron chi connectivity index (χ3n) is 2.48. The minimum absolute atomic E-state index is 0.754. The maximum absolute atomic E-state index is 5.91. The topological polar surface area (TPSA) is 55.3 Å². The van der Waals surface area contributed by atoms with Gasteiger partial charge in [0.2, 0.25) is 0 Å². The first-order chi connectivity index (χ1) is 7.33. The van der Waals surface area contributed by atoms with Crippen LogP contribution in [0.4, 0.5) is 5.82 Å². The highest BCUT2D eigenvalue weighted by Crippen LogP contribution is 2.13. The van der Waals surface area contributed by atoms with E-state index in [-0.39, 0.29) is 0 Å². The van der Waals surface area contributed by atoms with Crippen LogP contribution >= 0.6 is 0 Å². The SMILES string of the molecule is CNCCCc1ncc2cccc(N)n12. The number of anilines is 1. The lowest BCUT2D eigenvalue weighted by Crippen LogP contribution is -2.10. The van der Waals surface area contributed by atoms with Crippen molar-refractivity contribution in [2.75, 3.05) is 19.3 Å². The van der Waals surface area contributed by atoms with E-state index in [1.54, 1.807) is 0 Å². The molecule has 0 bridgehead atoms. The molecule has 3 N–H and O–H groups in total. The normalized spacial score (nSPS) is 11.0. The number of hydrogen-bond donors (Lipinski definition) is 2. The number of aromatic nitrogens is 2. The van der Waals surface area contributed by atoms with Gasteiger partial charge in [-0.15, -0.1) is 0 Å². The first-order valence-electron chi connectivity index (χ1n) is 5.18. The highest BCUT2D eigenvalue weighted by molar-refractivity contribution is 5.53. The van der Waals surface area contributed by atoms with Crippen molar-refractivity contribution in [1.82, 2.24) is 14.7 Å². The van der Waals surface area contributed by atoms with Crippen molar-refractivity contribution >= 4 is 11.3 Å². The van der Waals surface area contributed by atoms with Gasteiger partial charge in [0.25, 0.3) is 0 Å².